The first-order chi connectivity index (χ1) is 18.7. The Morgan fingerprint density at radius 2 is 2.00 bits per heavy atom. The lowest BCUT2D eigenvalue weighted by molar-refractivity contribution is -0.133. The van der Waals surface area contributed by atoms with Crippen LogP contribution in [0.25, 0.3) is 10.9 Å². The number of phenolic OH excluding ortho intramolecular Hbond substituents is 1. The first-order valence-electron chi connectivity index (χ1n) is 13.0. The lowest BCUT2D eigenvalue weighted by Crippen LogP contribution is -2.53. The second-order valence-electron chi connectivity index (χ2n) is 10.2. The van der Waals surface area contributed by atoms with Crippen LogP contribution in [0.4, 0.5) is 13.6 Å². The van der Waals surface area contributed by atoms with Gasteiger partial charge in [-0.05, 0) is 67.9 Å². The van der Waals surface area contributed by atoms with Crippen molar-refractivity contribution in [3.05, 3.63) is 59.3 Å². The van der Waals surface area contributed by atoms with Gasteiger partial charge < -0.3 is 24.8 Å². The first kappa shape index (κ1) is 26.9. The molecule has 1 saturated heterocycles. The monoisotopic (exact) mass is 542 g/mol. The van der Waals surface area contributed by atoms with Crippen LogP contribution in [0.2, 0.25) is 0 Å². The zero-order valence-corrected chi connectivity index (χ0v) is 21.9. The molecule has 2 unspecified atom stereocenters. The number of H-pyrrole nitrogens is 1. The van der Waals surface area contributed by atoms with E-state index in [-0.39, 0.29) is 37.0 Å². The molecule has 208 valence electrons. The summed E-state index contributed by atoms with van der Waals surface area (Å²) in [5.74, 6) is -0.314. The molecule has 0 aliphatic carbocycles. The van der Waals surface area contributed by atoms with Crippen molar-refractivity contribution >= 4 is 22.8 Å². The number of benzene rings is 2. The second-order valence-corrected chi connectivity index (χ2v) is 10.2. The van der Waals surface area contributed by atoms with E-state index >= 15 is 0 Å². The Balaban J connectivity index is 1.56. The Morgan fingerprint density at radius 1 is 1.21 bits per heavy atom. The van der Waals surface area contributed by atoms with Gasteiger partial charge in [0.05, 0.1) is 6.61 Å². The van der Waals surface area contributed by atoms with Crippen molar-refractivity contribution in [1.82, 2.24) is 19.7 Å². The maximum Gasteiger partial charge on any atom is 0.387 e. The van der Waals surface area contributed by atoms with Crippen LogP contribution in [-0.2, 0) is 11.2 Å². The number of hydrogen-bond acceptors (Lipinski definition) is 6. The van der Waals surface area contributed by atoms with Gasteiger partial charge in [0, 0.05) is 36.1 Å². The van der Waals surface area contributed by atoms with Crippen molar-refractivity contribution in [3.63, 3.8) is 0 Å². The minimum absolute atomic E-state index is 0.000373. The number of urea groups is 1. The molecule has 5 rings (SSSR count). The number of imide groups is 1. The normalized spacial score (nSPS) is 20.8. The molecule has 2 aliphatic heterocycles. The number of alkyl halides is 2. The number of ether oxygens (including phenoxy) is 1. The van der Waals surface area contributed by atoms with Crippen LogP contribution in [0.15, 0.2) is 42.5 Å². The number of phenols is 1. The number of aromatic hydroxyl groups is 1. The van der Waals surface area contributed by atoms with Gasteiger partial charge in [-0.2, -0.15) is 8.78 Å². The molecule has 0 bridgehead atoms. The van der Waals surface area contributed by atoms with Crippen LogP contribution in [0.5, 0.6) is 11.5 Å². The predicted molar refractivity (Wildman–Crippen MR) is 140 cm³/mol. The highest BCUT2D eigenvalue weighted by molar-refractivity contribution is 6.08. The highest BCUT2D eigenvalue weighted by atomic mass is 19.3. The third-order valence-corrected chi connectivity index (χ3v) is 7.77. The number of aromatic amines is 1. The number of carbonyl (C=O) groups is 2. The zero-order valence-electron chi connectivity index (χ0n) is 21.9. The molecule has 0 saturated carbocycles. The maximum absolute atomic E-state index is 13.9. The minimum atomic E-state index is -2.98. The number of halogens is 2. The number of aromatic nitrogens is 1. The van der Waals surface area contributed by atoms with Crippen molar-refractivity contribution in [1.29, 1.82) is 0 Å². The van der Waals surface area contributed by atoms with Gasteiger partial charge in [0.25, 0.3) is 5.91 Å². The van der Waals surface area contributed by atoms with Gasteiger partial charge in [-0.1, -0.05) is 19.1 Å². The summed E-state index contributed by atoms with van der Waals surface area (Å²) in [5, 5.41) is 20.2. The molecule has 11 heteroatoms. The Kier molecular flexibility index (Phi) is 7.21. The molecule has 3 N–H and O–H groups in total. The summed E-state index contributed by atoms with van der Waals surface area (Å²) in [6, 6.07) is 10.0. The van der Waals surface area contributed by atoms with E-state index in [0.717, 1.165) is 12.1 Å². The average Bonchev–Trinajstić information content (AvgIpc) is 3.33. The number of aliphatic hydroxyl groups excluding tert-OH is 1. The summed E-state index contributed by atoms with van der Waals surface area (Å²) < 4.78 is 30.5. The molecule has 1 fully saturated rings. The average molecular weight is 543 g/mol. The van der Waals surface area contributed by atoms with E-state index < -0.39 is 24.2 Å². The minimum Gasteiger partial charge on any atom is -0.508 e. The fourth-order valence-electron chi connectivity index (χ4n) is 5.93. The summed E-state index contributed by atoms with van der Waals surface area (Å²) in [4.78, 5) is 36.0. The number of aliphatic hydroxyl groups is 1. The van der Waals surface area contributed by atoms with Crippen molar-refractivity contribution < 1.29 is 33.3 Å². The van der Waals surface area contributed by atoms with Crippen LogP contribution in [0, 0.1) is 0 Å². The van der Waals surface area contributed by atoms with E-state index in [9.17, 15) is 28.6 Å². The number of nitrogens with one attached hydrogen (secondary N) is 1. The van der Waals surface area contributed by atoms with E-state index in [1.165, 1.54) is 23.1 Å². The standard InChI is InChI=1S/C28H32F2N4O5/c1-3-32(12-13-35)10-5-11-33-25(37)28(2)16-21-20-15-19(39-26(29)30)8-9-22(20)31-23(21)24(34(28)27(33)38)17-6-4-7-18(36)14-17/h4,6-9,14-15,24,26,31,35-36H,3,5,10-13,16H2,1-2H3. The SMILES string of the molecule is CCN(CCO)CCCN1C(=O)N2C(c3cccc(O)c3)c3[nH]c4ccc(OC(F)F)cc4c3CC2(C)C1=O. The van der Waals surface area contributed by atoms with Crippen molar-refractivity contribution in [3.8, 4) is 11.5 Å². The van der Waals surface area contributed by atoms with Gasteiger partial charge >= 0.3 is 12.6 Å². The molecule has 39 heavy (non-hydrogen) atoms. The zero-order chi connectivity index (χ0) is 27.9. The fourth-order valence-corrected chi connectivity index (χ4v) is 5.93. The number of nitrogens with zero attached hydrogens (tertiary/aromatic N) is 3. The Hall–Kier alpha value is -3.70. The Labute approximate surface area is 224 Å². The van der Waals surface area contributed by atoms with Crippen LogP contribution >= 0.6 is 0 Å². The first-order valence-corrected chi connectivity index (χ1v) is 13.0. The van der Waals surface area contributed by atoms with E-state index in [1.54, 1.807) is 36.1 Å². The van der Waals surface area contributed by atoms with E-state index in [4.69, 9.17) is 0 Å². The van der Waals surface area contributed by atoms with E-state index in [2.05, 4.69) is 9.72 Å². The number of carbonyl (C=O) groups excluding carboxylic acids is 2. The van der Waals surface area contributed by atoms with Gasteiger partial charge in [0.1, 0.15) is 23.1 Å². The highest BCUT2D eigenvalue weighted by Gasteiger charge is 2.60. The summed E-state index contributed by atoms with van der Waals surface area (Å²) in [7, 11) is 0. The van der Waals surface area contributed by atoms with Crippen molar-refractivity contribution in [2.24, 2.45) is 0 Å². The molecule has 9 nitrogen and oxygen atoms in total. The molecule has 0 spiro atoms. The second kappa shape index (κ2) is 10.5. The molecule has 0 radical (unpaired) electrons. The molecule has 3 amide bonds. The van der Waals surface area contributed by atoms with Crippen LogP contribution in [0.1, 0.15) is 43.1 Å². The number of likely N-dealkylation sites (N-methyl/N-ethyl adjacent to an activating group) is 1. The number of amides is 3. The predicted octanol–water partition coefficient (Wildman–Crippen LogP) is 3.85. The van der Waals surface area contributed by atoms with Gasteiger partial charge in [-0.3, -0.25) is 14.6 Å². The summed E-state index contributed by atoms with van der Waals surface area (Å²) in [5.41, 5.74) is 1.44. The molecular formula is C28H32F2N4O5. The van der Waals surface area contributed by atoms with Crippen molar-refractivity contribution in [2.75, 3.05) is 32.8 Å². The summed E-state index contributed by atoms with van der Waals surface area (Å²) in [6.45, 7) is 2.87. The number of rotatable bonds is 10. The van der Waals surface area contributed by atoms with Gasteiger partial charge in [-0.15, -0.1) is 0 Å². The summed E-state index contributed by atoms with van der Waals surface area (Å²) in [6.07, 6.45) is 0.733. The van der Waals surface area contributed by atoms with Crippen molar-refractivity contribution in [2.45, 2.75) is 44.9 Å². The van der Waals surface area contributed by atoms with Gasteiger partial charge in [0.2, 0.25) is 0 Å². The molecule has 2 aromatic carbocycles. The lowest BCUT2D eigenvalue weighted by Gasteiger charge is -2.42. The van der Waals surface area contributed by atoms with E-state index in [0.29, 0.717) is 41.7 Å². The quantitative estimate of drug-likeness (QED) is 0.336. The largest absolute Gasteiger partial charge is 0.508 e. The van der Waals surface area contributed by atoms with E-state index in [1.807, 2.05) is 11.8 Å². The highest BCUT2D eigenvalue weighted by Crippen LogP contribution is 2.49. The van der Waals surface area contributed by atoms with Crippen LogP contribution < -0.4 is 4.74 Å². The summed E-state index contributed by atoms with van der Waals surface area (Å²) >= 11 is 0. The number of hydrogen-bond donors (Lipinski definition) is 3. The third-order valence-electron chi connectivity index (χ3n) is 7.77. The molecule has 2 aliphatic rings. The smallest absolute Gasteiger partial charge is 0.387 e. The van der Waals surface area contributed by atoms with Crippen LogP contribution in [0.3, 0.4) is 0 Å². The Morgan fingerprint density at radius 3 is 2.69 bits per heavy atom. The molecule has 3 heterocycles. The number of fused-ring (bicyclic) bond motifs is 4. The van der Waals surface area contributed by atoms with Crippen LogP contribution in [-0.4, -0.2) is 86.8 Å². The maximum atomic E-state index is 13.9. The molecule has 1 aromatic heterocycles. The Bertz CT molecular complexity index is 1400. The topological polar surface area (TPSA) is 109 Å². The lowest BCUT2D eigenvalue weighted by atomic mass is 9.81. The molecular weight excluding hydrogens is 510 g/mol. The van der Waals surface area contributed by atoms with Gasteiger partial charge in [0.15, 0.2) is 0 Å². The molecule has 3 aromatic rings. The fraction of sp³-hybridized carbons (Fsp3) is 0.429. The molecule has 2 atom stereocenters. The van der Waals surface area contributed by atoms with Gasteiger partial charge in [-0.25, -0.2) is 4.79 Å². The third kappa shape index (κ3) is 4.70.